The highest BCUT2D eigenvalue weighted by Gasteiger charge is 2.73. The van der Waals surface area contributed by atoms with Crippen LogP contribution in [-0.2, 0) is 0 Å². The van der Waals surface area contributed by atoms with Gasteiger partial charge in [-0.15, -0.1) is 0 Å². The molecular formula is C15H15F6N3. The minimum Gasteiger partial charge on any atom is -0.312 e. The monoisotopic (exact) mass is 351 g/mol. The topological polar surface area (TPSA) is 28.0 Å². The van der Waals surface area contributed by atoms with E-state index in [2.05, 4.69) is 9.98 Å². The highest BCUT2D eigenvalue weighted by atomic mass is 19.4. The van der Waals surface area contributed by atoms with E-state index in [1.165, 1.54) is 4.90 Å². The molecule has 0 fully saturated rings. The molecule has 0 saturated carbocycles. The van der Waals surface area contributed by atoms with E-state index >= 15 is 0 Å². The predicted molar refractivity (Wildman–Crippen MR) is 77.8 cm³/mol. The SMILES string of the molecule is CC1=NC(C(F)(F)F)(C(F)(F)F)N=C(C)N1C(C)c1ccccc1. The summed E-state index contributed by atoms with van der Waals surface area (Å²) in [6.45, 7) is 3.88. The Bertz CT molecular complexity index is 624. The minimum absolute atomic E-state index is 0.395. The maximum atomic E-state index is 13.1. The van der Waals surface area contributed by atoms with E-state index in [9.17, 15) is 26.3 Å². The minimum atomic E-state index is -5.68. The molecule has 24 heavy (non-hydrogen) atoms. The first-order valence-electron chi connectivity index (χ1n) is 7.01. The number of hydrogen-bond acceptors (Lipinski definition) is 3. The Kier molecular flexibility index (Phi) is 4.41. The van der Waals surface area contributed by atoms with E-state index in [1.807, 2.05) is 0 Å². The number of amidine groups is 2. The Hall–Kier alpha value is -2.06. The third kappa shape index (κ3) is 2.87. The first-order valence-corrected chi connectivity index (χ1v) is 7.01. The summed E-state index contributed by atoms with van der Waals surface area (Å²) in [5, 5.41) is 0. The van der Waals surface area contributed by atoms with Crippen LogP contribution in [0.3, 0.4) is 0 Å². The zero-order valence-corrected chi connectivity index (χ0v) is 13.1. The normalized spacial score (nSPS) is 19.6. The van der Waals surface area contributed by atoms with Crippen LogP contribution >= 0.6 is 0 Å². The summed E-state index contributed by atoms with van der Waals surface area (Å²) in [5.41, 5.74) is -3.74. The molecule has 1 atom stereocenters. The predicted octanol–water partition coefficient (Wildman–Crippen LogP) is 4.72. The number of hydrogen-bond donors (Lipinski definition) is 0. The summed E-state index contributed by atoms with van der Waals surface area (Å²) in [6.07, 6.45) is -11.4. The molecule has 132 valence electrons. The molecule has 0 spiro atoms. The van der Waals surface area contributed by atoms with Gasteiger partial charge in [-0.25, -0.2) is 9.98 Å². The molecule has 0 N–H and O–H groups in total. The van der Waals surface area contributed by atoms with Gasteiger partial charge in [-0.3, -0.25) is 0 Å². The Morgan fingerprint density at radius 1 is 0.875 bits per heavy atom. The van der Waals surface area contributed by atoms with Gasteiger partial charge in [0.2, 0.25) is 0 Å². The molecule has 3 nitrogen and oxygen atoms in total. The molecule has 1 aliphatic heterocycles. The molecule has 0 radical (unpaired) electrons. The molecule has 1 aromatic carbocycles. The summed E-state index contributed by atoms with van der Waals surface area (Å²) < 4.78 is 78.8. The van der Waals surface area contributed by atoms with Crippen LogP contribution in [-0.4, -0.2) is 34.6 Å². The van der Waals surface area contributed by atoms with Crippen LogP contribution in [0.2, 0.25) is 0 Å². The van der Waals surface area contributed by atoms with E-state index < -0.39 is 35.7 Å². The molecule has 1 aromatic rings. The number of alkyl halides is 6. The lowest BCUT2D eigenvalue weighted by Crippen LogP contribution is -2.58. The fourth-order valence-electron chi connectivity index (χ4n) is 2.69. The Labute approximate surface area is 134 Å². The van der Waals surface area contributed by atoms with Crippen molar-refractivity contribution < 1.29 is 26.3 Å². The van der Waals surface area contributed by atoms with Gasteiger partial charge >= 0.3 is 18.0 Å². The summed E-state index contributed by atoms with van der Waals surface area (Å²) in [5.74, 6) is -0.790. The van der Waals surface area contributed by atoms with Crippen LogP contribution in [0.25, 0.3) is 0 Å². The van der Waals surface area contributed by atoms with Crippen LogP contribution in [0.4, 0.5) is 26.3 Å². The van der Waals surface area contributed by atoms with E-state index in [0.717, 1.165) is 13.8 Å². The van der Waals surface area contributed by atoms with Gasteiger partial charge in [-0.2, -0.15) is 26.3 Å². The molecule has 1 unspecified atom stereocenters. The van der Waals surface area contributed by atoms with Crippen molar-refractivity contribution in [3.63, 3.8) is 0 Å². The molecule has 1 aliphatic rings. The smallest absolute Gasteiger partial charge is 0.312 e. The lowest BCUT2D eigenvalue weighted by molar-refractivity contribution is -0.293. The third-order valence-corrected chi connectivity index (χ3v) is 3.80. The molecule has 0 saturated heterocycles. The second-order valence-corrected chi connectivity index (χ2v) is 5.44. The fourth-order valence-corrected chi connectivity index (χ4v) is 2.69. The summed E-state index contributed by atoms with van der Waals surface area (Å²) in [6, 6.07) is 8.14. The van der Waals surface area contributed by atoms with Gasteiger partial charge in [-0.05, 0) is 26.3 Å². The van der Waals surface area contributed by atoms with E-state index in [1.54, 1.807) is 37.3 Å². The maximum absolute atomic E-state index is 13.1. The number of benzene rings is 1. The lowest BCUT2D eigenvalue weighted by Gasteiger charge is -2.40. The van der Waals surface area contributed by atoms with Crippen molar-refractivity contribution in [1.82, 2.24) is 4.90 Å². The quantitative estimate of drug-likeness (QED) is 0.709. The Balaban J connectivity index is 2.52. The molecule has 2 rings (SSSR count). The van der Waals surface area contributed by atoms with E-state index in [4.69, 9.17) is 0 Å². The molecule has 1 heterocycles. The fraction of sp³-hybridized carbons (Fsp3) is 0.467. The number of rotatable bonds is 2. The molecule has 0 amide bonds. The Morgan fingerprint density at radius 3 is 1.67 bits per heavy atom. The number of nitrogens with zero attached hydrogens (tertiary/aromatic N) is 3. The Morgan fingerprint density at radius 2 is 1.29 bits per heavy atom. The van der Waals surface area contributed by atoms with Crippen LogP contribution in [0.15, 0.2) is 40.3 Å². The van der Waals surface area contributed by atoms with Crippen molar-refractivity contribution in [2.75, 3.05) is 0 Å². The van der Waals surface area contributed by atoms with Crippen LogP contribution in [0.5, 0.6) is 0 Å². The standard InChI is InChI=1S/C15H15F6N3/c1-9(12-7-5-4-6-8-12)24-10(2)22-13(14(16,17)18,15(19,20)21)23-11(24)3/h4-9H,1-3H3. The molecule has 0 aliphatic carbocycles. The second-order valence-electron chi connectivity index (χ2n) is 5.44. The third-order valence-electron chi connectivity index (χ3n) is 3.80. The van der Waals surface area contributed by atoms with Gasteiger partial charge in [0.05, 0.1) is 6.04 Å². The summed E-state index contributed by atoms with van der Waals surface area (Å²) in [7, 11) is 0. The highest BCUT2D eigenvalue weighted by Crippen LogP contribution is 2.49. The van der Waals surface area contributed by atoms with Gasteiger partial charge in [0.25, 0.3) is 0 Å². The average molecular weight is 351 g/mol. The number of aliphatic imine (C=N–C) groups is 2. The maximum Gasteiger partial charge on any atom is 0.443 e. The zero-order valence-electron chi connectivity index (χ0n) is 13.1. The van der Waals surface area contributed by atoms with Crippen molar-refractivity contribution in [2.24, 2.45) is 9.98 Å². The van der Waals surface area contributed by atoms with Crippen LogP contribution in [0, 0.1) is 0 Å². The lowest BCUT2D eigenvalue weighted by atomic mass is 10.1. The van der Waals surface area contributed by atoms with Crippen LogP contribution in [0.1, 0.15) is 32.4 Å². The first-order chi connectivity index (χ1) is 10.9. The molecule has 0 bridgehead atoms. The van der Waals surface area contributed by atoms with Gasteiger partial charge < -0.3 is 4.90 Å². The molecular weight excluding hydrogens is 336 g/mol. The molecule has 9 heteroatoms. The number of halogens is 6. The van der Waals surface area contributed by atoms with E-state index in [0.29, 0.717) is 5.56 Å². The van der Waals surface area contributed by atoms with E-state index in [-0.39, 0.29) is 0 Å². The zero-order chi connectivity index (χ0) is 18.3. The molecule has 0 aromatic heterocycles. The summed E-state index contributed by atoms with van der Waals surface area (Å²) in [4.78, 5) is 7.13. The average Bonchev–Trinajstić information content (AvgIpc) is 2.44. The highest BCUT2D eigenvalue weighted by molar-refractivity contribution is 6.01. The van der Waals surface area contributed by atoms with Gasteiger partial charge in [0, 0.05) is 0 Å². The van der Waals surface area contributed by atoms with Crippen molar-refractivity contribution in [3.05, 3.63) is 35.9 Å². The largest absolute Gasteiger partial charge is 0.443 e. The van der Waals surface area contributed by atoms with Gasteiger partial charge in [0.15, 0.2) is 0 Å². The van der Waals surface area contributed by atoms with Crippen molar-refractivity contribution in [2.45, 2.75) is 44.8 Å². The van der Waals surface area contributed by atoms with Crippen molar-refractivity contribution in [3.8, 4) is 0 Å². The van der Waals surface area contributed by atoms with Crippen LogP contribution < -0.4 is 0 Å². The van der Waals surface area contributed by atoms with Crippen molar-refractivity contribution in [1.29, 1.82) is 0 Å². The first kappa shape index (κ1) is 18.3. The van der Waals surface area contributed by atoms with Gasteiger partial charge in [0.1, 0.15) is 11.7 Å². The second kappa shape index (κ2) is 5.78. The summed E-state index contributed by atoms with van der Waals surface area (Å²) >= 11 is 0. The van der Waals surface area contributed by atoms with Gasteiger partial charge in [-0.1, -0.05) is 30.3 Å². The van der Waals surface area contributed by atoms with Crippen molar-refractivity contribution >= 4 is 11.7 Å².